The maximum atomic E-state index is 13.0. The van der Waals surface area contributed by atoms with Crippen LogP contribution in [0.5, 0.6) is 0 Å². The van der Waals surface area contributed by atoms with E-state index in [-0.39, 0.29) is 10.9 Å². The number of hydrogen-bond donors (Lipinski definition) is 2. The molecular formula is C15H17N3O2S. The SMILES string of the molecule is CC1Cc2ccccc2N1S(=O)(=O)c1ccccc1NN. The molecule has 1 aliphatic heterocycles. The number of anilines is 2. The first kappa shape index (κ1) is 13.9. The summed E-state index contributed by atoms with van der Waals surface area (Å²) in [5.41, 5.74) is 4.65. The molecule has 3 N–H and O–H groups in total. The Morgan fingerprint density at radius 2 is 1.81 bits per heavy atom. The Kier molecular flexibility index (Phi) is 3.35. The fourth-order valence-electron chi connectivity index (χ4n) is 2.82. The molecule has 0 spiro atoms. The van der Waals surface area contributed by atoms with Crippen molar-refractivity contribution >= 4 is 21.4 Å². The smallest absolute Gasteiger partial charge is 0.266 e. The van der Waals surface area contributed by atoms with Crippen LogP contribution in [0.25, 0.3) is 0 Å². The Balaban J connectivity index is 2.15. The first-order valence-electron chi connectivity index (χ1n) is 6.73. The predicted molar refractivity (Wildman–Crippen MR) is 83.5 cm³/mol. The van der Waals surface area contributed by atoms with Gasteiger partial charge in [0.25, 0.3) is 10.0 Å². The summed E-state index contributed by atoms with van der Waals surface area (Å²) >= 11 is 0. The molecule has 0 bridgehead atoms. The van der Waals surface area contributed by atoms with Crippen molar-refractivity contribution in [2.24, 2.45) is 5.84 Å². The van der Waals surface area contributed by atoms with Crippen LogP contribution in [0.1, 0.15) is 12.5 Å². The summed E-state index contributed by atoms with van der Waals surface area (Å²) in [4.78, 5) is 0.191. The van der Waals surface area contributed by atoms with Gasteiger partial charge in [-0.25, -0.2) is 8.42 Å². The van der Waals surface area contributed by atoms with Crippen molar-refractivity contribution in [3.8, 4) is 0 Å². The molecular weight excluding hydrogens is 286 g/mol. The molecule has 0 aliphatic carbocycles. The van der Waals surface area contributed by atoms with E-state index in [0.717, 1.165) is 11.3 Å². The number of rotatable bonds is 3. The molecule has 5 nitrogen and oxygen atoms in total. The van der Waals surface area contributed by atoms with Crippen molar-refractivity contribution in [2.45, 2.75) is 24.3 Å². The first-order chi connectivity index (χ1) is 10.1. The quantitative estimate of drug-likeness (QED) is 0.672. The highest BCUT2D eigenvalue weighted by atomic mass is 32.2. The lowest BCUT2D eigenvalue weighted by Crippen LogP contribution is -2.36. The zero-order valence-electron chi connectivity index (χ0n) is 11.7. The Morgan fingerprint density at radius 3 is 2.57 bits per heavy atom. The molecule has 2 aromatic rings. The fourth-order valence-corrected chi connectivity index (χ4v) is 4.67. The second kappa shape index (κ2) is 5.05. The van der Waals surface area contributed by atoms with E-state index in [4.69, 9.17) is 5.84 Å². The van der Waals surface area contributed by atoms with E-state index in [9.17, 15) is 8.42 Å². The van der Waals surface area contributed by atoms with Crippen LogP contribution in [0, 0.1) is 0 Å². The minimum Gasteiger partial charge on any atom is -0.323 e. The Labute approximate surface area is 124 Å². The van der Waals surface area contributed by atoms with Crippen LogP contribution >= 0.6 is 0 Å². The van der Waals surface area contributed by atoms with Crippen molar-refractivity contribution in [1.29, 1.82) is 0 Å². The number of sulfonamides is 1. The molecule has 0 radical (unpaired) electrons. The number of nitrogens with two attached hydrogens (primary N) is 1. The highest BCUT2D eigenvalue weighted by molar-refractivity contribution is 7.93. The van der Waals surface area contributed by atoms with E-state index in [1.54, 1.807) is 24.3 Å². The van der Waals surface area contributed by atoms with Gasteiger partial charge in [0, 0.05) is 6.04 Å². The van der Waals surface area contributed by atoms with Gasteiger partial charge in [-0.15, -0.1) is 0 Å². The van der Waals surface area contributed by atoms with E-state index in [1.165, 1.54) is 4.31 Å². The van der Waals surface area contributed by atoms with Gasteiger partial charge >= 0.3 is 0 Å². The standard InChI is InChI=1S/C15H17N3O2S/c1-11-10-12-6-2-4-8-14(12)18(11)21(19,20)15-9-5-3-7-13(15)17-16/h2-9,11,17H,10,16H2,1H3. The fraction of sp³-hybridized carbons (Fsp3) is 0.200. The number of hydrogen-bond acceptors (Lipinski definition) is 4. The van der Waals surface area contributed by atoms with Crippen LogP contribution in [-0.2, 0) is 16.4 Å². The van der Waals surface area contributed by atoms with Gasteiger partial charge in [-0.05, 0) is 37.1 Å². The number of nitrogens with one attached hydrogen (secondary N) is 1. The van der Waals surface area contributed by atoms with E-state index >= 15 is 0 Å². The maximum Gasteiger partial charge on any atom is 0.266 e. The van der Waals surface area contributed by atoms with Crippen LogP contribution in [0.2, 0.25) is 0 Å². The van der Waals surface area contributed by atoms with Crippen molar-refractivity contribution in [1.82, 2.24) is 0 Å². The second-order valence-electron chi connectivity index (χ2n) is 5.12. The van der Waals surface area contributed by atoms with Gasteiger partial charge in [0.1, 0.15) is 4.90 Å². The van der Waals surface area contributed by atoms with Gasteiger partial charge in [-0.1, -0.05) is 30.3 Å². The molecule has 0 aromatic heterocycles. The van der Waals surface area contributed by atoms with Gasteiger partial charge in [0.15, 0.2) is 0 Å². The zero-order valence-corrected chi connectivity index (χ0v) is 12.5. The van der Waals surface area contributed by atoms with Crippen LogP contribution in [0.3, 0.4) is 0 Å². The lowest BCUT2D eigenvalue weighted by atomic mass is 10.1. The normalized spacial score (nSPS) is 17.6. The molecule has 0 saturated heterocycles. The van der Waals surface area contributed by atoms with Crippen LogP contribution in [0.4, 0.5) is 11.4 Å². The summed E-state index contributed by atoms with van der Waals surface area (Å²) in [6.45, 7) is 1.91. The molecule has 0 fully saturated rings. The van der Waals surface area contributed by atoms with E-state index < -0.39 is 10.0 Å². The zero-order chi connectivity index (χ0) is 15.0. The lowest BCUT2D eigenvalue weighted by Gasteiger charge is -2.25. The molecule has 6 heteroatoms. The van der Waals surface area contributed by atoms with Crippen molar-refractivity contribution in [3.63, 3.8) is 0 Å². The minimum absolute atomic E-state index is 0.113. The summed E-state index contributed by atoms with van der Waals surface area (Å²) in [6.07, 6.45) is 0.716. The Morgan fingerprint density at radius 1 is 1.14 bits per heavy atom. The van der Waals surface area contributed by atoms with Crippen molar-refractivity contribution < 1.29 is 8.42 Å². The monoisotopic (exact) mass is 303 g/mol. The molecule has 2 aromatic carbocycles. The molecule has 1 heterocycles. The molecule has 110 valence electrons. The van der Waals surface area contributed by atoms with Gasteiger partial charge in [0.2, 0.25) is 0 Å². The number of hydrazine groups is 1. The largest absolute Gasteiger partial charge is 0.323 e. The molecule has 0 saturated carbocycles. The molecule has 1 unspecified atom stereocenters. The first-order valence-corrected chi connectivity index (χ1v) is 8.17. The number of nitrogens with zero attached hydrogens (tertiary/aromatic N) is 1. The van der Waals surface area contributed by atoms with Crippen LogP contribution in [0.15, 0.2) is 53.4 Å². The summed E-state index contributed by atoms with van der Waals surface area (Å²) < 4.78 is 27.5. The minimum atomic E-state index is -3.65. The predicted octanol–water partition coefficient (Wildman–Crippen LogP) is 2.11. The third-order valence-electron chi connectivity index (χ3n) is 3.72. The van der Waals surface area contributed by atoms with Crippen LogP contribution < -0.4 is 15.6 Å². The second-order valence-corrected chi connectivity index (χ2v) is 6.91. The summed E-state index contributed by atoms with van der Waals surface area (Å²) in [7, 11) is -3.65. The highest BCUT2D eigenvalue weighted by Gasteiger charge is 2.36. The molecule has 1 atom stereocenters. The lowest BCUT2D eigenvalue weighted by molar-refractivity contribution is 0.584. The topological polar surface area (TPSA) is 75.4 Å². The van der Waals surface area contributed by atoms with Crippen LogP contribution in [-0.4, -0.2) is 14.5 Å². The van der Waals surface area contributed by atoms with Gasteiger partial charge < -0.3 is 5.43 Å². The number of nitrogen functional groups attached to an aromatic ring is 1. The van der Waals surface area contributed by atoms with Gasteiger partial charge in [0.05, 0.1) is 11.4 Å². The average Bonchev–Trinajstić information content (AvgIpc) is 2.83. The van der Waals surface area contributed by atoms with Gasteiger partial charge in [-0.3, -0.25) is 10.1 Å². The Bertz CT molecular complexity index is 774. The summed E-state index contributed by atoms with van der Waals surface area (Å²) in [5, 5.41) is 0. The summed E-state index contributed by atoms with van der Waals surface area (Å²) in [5.74, 6) is 5.44. The Hall–Kier alpha value is -2.05. The van der Waals surface area contributed by atoms with E-state index in [0.29, 0.717) is 12.1 Å². The highest BCUT2D eigenvalue weighted by Crippen LogP contribution is 2.37. The van der Waals surface area contributed by atoms with E-state index in [2.05, 4.69) is 5.43 Å². The van der Waals surface area contributed by atoms with Crippen molar-refractivity contribution in [3.05, 3.63) is 54.1 Å². The maximum absolute atomic E-state index is 13.0. The van der Waals surface area contributed by atoms with Gasteiger partial charge in [-0.2, -0.15) is 0 Å². The molecule has 21 heavy (non-hydrogen) atoms. The molecule has 3 rings (SSSR count). The number of benzene rings is 2. The third-order valence-corrected chi connectivity index (χ3v) is 5.71. The third kappa shape index (κ3) is 2.16. The average molecular weight is 303 g/mol. The van der Waals surface area contributed by atoms with Crippen molar-refractivity contribution in [2.75, 3.05) is 9.73 Å². The number of para-hydroxylation sites is 2. The number of fused-ring (bicyclic) bond motifs is 1. The molecule has 1 aliphatic rings. The molecule has 0 amide bonds. The van der Waals surface area contributed by atoms with E-state index in [1.807, 2.05) is 31.2 Å². The summed E-state index contributed by atoms with van der Waals surface area (Å²) in [6, 6.07) is 14.1.